The number of hydrogen-bond acceptors (Lipinski definition) is 4. The maximum Gasteiger partial charge on any atom is 0.292 e. The number of hydrogen-bond donors (Lipinski definition) is 2. The Hall–Kier alpha value is -2.11. The van der Waals surface area contributed by atoms with Gasteiger partial charge in [-0.1, -0.05) is 18.9 Å². The molecule has 0 atom stereocenters. The molecule has 0 aromatic heterocycles. The number of carbonyl (C=O) groups is 1. The number of nitrogens with two attached hydrogens (primary N) is 1. The maximum atomic E-state index is 12.0. The summed E-state index contributed by atoms with van der Waals surface area (Å²) in [5.41, 5.74) is 5.54. The highest BCUT2D eigenvalue weighted by Crippen LogP contribution is 2.26. The SMILES string of the molecule is Nc1c(C(=O)NCC2CCCC2)cccc1[N+](=O)[O-]. The van der Waals surface area contributed by atoms with E-state index in [0.717, 1.165) is 12.8 Å². The highest BCUT2D eigenvalue weighted by molar-refractivity contribution is 6.00. The zero-order valence-corrected chi connectivity index (χ0v) is 10.6. The third-order valence-corrected chi connectivity index (χ3v) is 3.55. The Kier molecular flexibility index (Phi) is 3.99. The quantitative estimate of drug-likeness (QED) is 0.493. The first-order valence-electron chi connectivity index (χ1n) is 6.40. The molecule has 2 rings (SSSR count). The van der Waals surface area contributed by atoms with Crippen LogP contribution in [0.2, 0.25) is 0 Å². The fourth-order valence-corrected chi connectivity index (χ4v) is 2.46. The largest absolute Gasteiger partial charge is 0.393 e. The van der Waals surface area contributed by atoms with Crippen molar-refractivity contribution < 1.29 is 9.72 Å². The van der Waals surface area contributed by atoms with Crippen molar-refractivity contribution in [3.8, 4) is 0 Å². The summed E-state index contributed by atoms with van der Waals surface area (Å²) in [4.78, 5) is 22.2. The molecule has 102 valence electrons. The predicted octanol–water partition coefficient (Wildman–Crippen LogP) is 2.10. The number of nitrogens with zero attached hydrogens (tertiary/aromatic N) is 1. The lowest BCUT2D eigenvalue weighted by atomic mass is 10.1. The van der Waals surface area contributed by atoms with E-state index in [0.29, 0.717) is 12.5 Å². The summed E-state index contributed by atoms with van der Waals surface area (Å²) in [6.45, 7) is 0.612. The number of nitrogens with one attached hydrogen (secondary N) is 1. The number of amides is 1. The van der Waals surface area contributed by atoms with E-state index in [-0.39, 0.29) is 22.8 Å². The first kappa shape index (κ1) is 13.3. The summed E-state index contributed by atoms with van der Waals surface area (Å²) in [6.07, 6.45) is 4.67. The minimum absolute atomic E-state index is 0.0728. The van der Waals surface area contributed by atoms with Crippen molar-refractivity contribution in [1.82, 2.24) is 5.32 Å². The van der Waals surface area contributed by atoms with Crippen molar-refractivity contribution in [2.24, 2.45) is 5.92 Å². The second-order valence-electron chi connectivity index (χ2n) is 4.86. The Balaban J connectivity index is 2.06. The van der Waals surface area contributed by atoms with E-state index in [1.54, 1.807) is 0 Å². The van der Waals surface area contributed by atoms with Crippen molar-refractivity contribution in [3.05, 3.63) is 33.9 Å². The van der Waals surface area contributed by atoms with Gasteiger partial charge in [0.25, 0.3) is 11.6 Å². The van der Waals surface area contributed by atoms with Crippen LogP contribution in [0.4, 0.5) is 11.4 Å². The Morgan fingerprint density at radius 1 is 1.42 bits per heavy atom. The van der Waals surface area contributed by atoms with Crippen molar-refractivity contribution >= 4 is 17.3 Å². The van der Waals surface area contributed by atoms with E-state index in [9.17, 15) is 14.9 Å². The van der Waals surface area contributed by atoms with Gasteiger partial charge in [0.1, 0.15) is 5.69 Å². The smallest absolute Gasteiger partial charge is 0.292 e. The van der Waals surface area contributed by atoms with Gasteiger partial charge in [-0.3, -0.25) is 14.9 Å². The van der Waals surface area contributed by atoms with Crippen LogP contribution in [0.25, 0.3) is 0 Å². The molecule has 0 spiro atoms. The molecule has 6 nitrogen and oxygen atoms in total. The molecule has 0 heterocycles. The highest BCUT2D eigenvalue weighted by Gasteiger charge is 2.20. The van der Waals surface area contributed by atoms with E-state index in [2.05, 4.69) is 5.32 Å². The number of carbonyl (C=O) groups excluding carboxylic acids is 1. The van der Waals surface area contributed by atoms with Gasteiger partial charge in [-0.15, -0.1) is 0 Å². The number of anilines is 1. The molecule has 1 fully saturated rings. The molecule has 1 aromatic rings. The fourth-order valence-electron chi connectivity index (χ4n) is 2.46. The van der Waals surface area contributed by atoms with Crippen molar-refractivity contribution in [3.63, 3.8) is 0 Å². The highest BCUT2D eigenvalue weighted by atomic mass is 16.6. The first-order chi connectivity index (χ1) is 9.09. The third-order valence-electron chi connectivity index (χ3n) is 3.55. The summed E-state index contributed by atoms with van der Waals surface area (Å²) in [7, 11) is 0. The van der Waals surface area contributed by atoms with E-state index < -0.39 is 4.92 Å². The van der Waals surface area contributed by atoms with Crippen LogP contribution in [-0.4, -0.2) is 17.4 Å². The average molecular weight is 263 g/mol. The standard InChI is InChI=1S/C13H17N3O3/c14-12-10(6-3-7-11(12)16(18)19)13(17)15-8-9-4-1-2-5-9/h3,6-7,9H,1-2,4-5,8,14H2,(H,15,17). The van der Waals surface area contributed by atoms with Gasteiger partial charge in [-0.2, -0.15) is 0 Å². The molecular weight excluding hydrogens is 246 g/mol. The molecule has 1 aliphatic carbocycles. The minimum atomic E-state index is -0.580. The Bertz CT molecular complexity index is 496. The number of nitro benzene ring substituents is 1. The van der Waals surface area contributed by atoms with Crippen molar-refractivity contribution in [1.29, 1.82) is 0 Å². The van der Waals surface area contributed by atoms with Crippen LogP contribution in [0.3, 0.4) is 0 Å². The number of para-hydroxylation sites is 1. The van der Waals surface area contributed by atoms with Gasteiger partial charge in [0.15, 0.2) is 0 Å². The summed E-state index contributed by atoms with van der Waals surface area (Å²) in [6, 6.07) is 4.27. The van der Waals surface area contributed by atoms with Crippen molar-refractivity contribution in [2.45, 2.75) is 25.7 Å². The molecule has 3 N–H and O–H groups in total. The van der Waals surface area contributed by atoms with Crippen LogP contribution in [0.1, 0.15) is 36.0 Å². The number of nitrogen functional groups attached to an aromatic ring is 1. The number of rotatable bonds is 4. The Morgan fingerprint density at radius 2 is 2.11 bits per heavy atom. The zero-order valence-electron chi connectivity index (χ0n) is 10.6. The van der Waals surface area contributed by atoms with E-state index in [1.807, 2.05) is 0 Å². The van der Waals surface area contributed by atoms with E-state index in [1.165, 1.54) is 31.0 Å². The summed E-state index contributed by atoms with van der Waals surface area (Å²) in [5.74, 6) is 0.178. The second-order valence-corrected chi connectivity index (χ2v) is 4.86. The molecule has 0 aliphatic heterocycles. The van der Waals surface area contributed by atoms with Crippen LogP contribution in [0.5, 0.6) is 0 Å². The summed E-state index contributed by atoms with van der Waals surface area (Å²) in [5, 5.41) is 13.6. The first-order valence-corrected chi connectivity index (χ1v) is 6.40. The van der Waals surface area contributed by atoms with E-state index in [4.69, 9.17) is 5.73 Å². The molecular formula is C13H17N3O3. The van der Waals surface area contributed by atoms with Gasteiger partial charge in [0.2, 0.25) is 0 Å². The average Bonchev–Trinajstić information content (AvgIpc) is 2.89. The Morgan fingerprint density at radius 3 is 2.74 bits per heavy atom. The minimum Gasteiger partial charge on any atom is -0.393 e. The van der Waals surface area contributed by atoms with Crippen LogP contribution in [-0.2, 0) is 0 Å². The molecule has 6 heteroatoms. The maximum absolute atomic E-state index is 12.0. The van der Waals surface area contributed by atoms with Crippen LogP contribution in [0, 0.1) is 16.0 Å². The van der Waals surface area contributed by atoms with E-state index >= 15 is 0 Å². The topological polar surface area (TPSA) is 98.3 Å². The molecule has 1 saturated carbocycles. The van der Waals surface area contributed by atoms with Crippen LogP contribution >= 0.6 is 0 Å². The molecule has 1 aliphatic rings. The number of nitro groups is 1. The lowest BCUT2D eigenvalue weighted by Crippen LogP contribution is -2.29. The molecule has 0 saturated heterocycles. The molecule has 0 bridgehead atoms. The van der Waals surface area contributed by atoms with Gasteiger partial charge in [-0.25, -0.2) is 0 Å². The Labute approximate surface area is 111 Å². The van der Waals surface area contributed by atoms with Gasteiger partial charge < -0.3 is 11.1 Å². The van der Waals surface area contributed by atoms with Gasteiger partial charge in [0, 0.05) is 12.6 Å². The normalized spacial score (nSPS) is 15.4. The molecule has 1 amide bonds. The second kappa shape index (κ2) is 5.69. The predicted molar refractivity (Wildman–Crippen MR) is 71.8 cm³/mol. The summed E-state index contributed by atoms with van der Waals surface area (Å²) >= 11 is 0. The van der Waals surface area contributed by atoms with Crippen LogP contribution in [0.15, 0.2) is 18.2 Å². The van der Waals surface area contributed by atoms with Gasteiger partial charge >= 0.3 is 0 Å². The monoisotopic (exact) mass is 263 g/mol. The molecule has 0 unspecified atom stereocenters. The fraction of sp³-hybridized carbons (Fsp3) is 0.462. The van der Waals surface area contributed by atoms with Crippen molar-refractivity contribution in [2.75, 3.05) is 12.3 Å². The molecule has 0 radical (unpaired) electrons. The lowest BCUT2D eigenvalue weighted by Gasteiger charge is -2.11. The lowest BCUT2D eigenvalue weighted by molar-refractivity contribution is -0.383. The molecule has 19 heavy (non-hydrogen) atoms. The van der Waals surface area contributed by atoms with Gasteiger partial charge in [-0.05, 0) is 24.8 Å². The zero-order chi connectivity index (χ0) is 13.8. The van der Waals surface area contributed by atoms with Crippen LogP contribution < -0.4 is 11.1 Å². The molecule has 1 aromatic carbocycles. The van der Waals surface area contributed by atoms with Gasteiger partial charge in [0.05, 0.1) is 10.5 Å². The third kappa shape index (κ3) is 3.01. The number of benzene rings is 1. The summed E-state index contributed by atoms with van der Waals surface area (Å²) < 4.78 is 0.